The SMILES string of the molecule is CC(C)n1cc(-c2nc(Nc3ccccc3OC(F)F)ncc2Cl)cn1. The lowest BCUT2D eigenvalue weighted by molar-refractivity contribution is -0.0493. The standard InChI is InChI=1S/C17H16ClF2N5O/c1-10(2)25-9-11(7-22-25)15-12(18)8-21-17(24-15)23-13-5-3-4-6-14(13)26-16(19)20/h3-10,16H,1-2H3,(H,21,23,24). The van der Waals surface area contributed by atoms with Gasteiger partial charge in [0.2, 0.25) is 5.95 Å². The van der Waals surface area contributed by atoms with Crippen molar-refractivity contribution in [2.45, 2.75) is 26.5 Å². The van der Waals surface area contributed by atoms with Crippen molar-refractivity contribution < 1.29 is 13.5 Å². The van der Waals surface area contributed by atoms with Crippen LogP contribution >= 0.6 is 11.6 Å². The number of nitrogens with zero attached hydrogens (tertiary/aromatic N) is 4. The van der Waals surface area contributed by atoms with E-state index in [4.69, 9.17) is 11.6 Å². The molecule has 9 heteroatoms. The van der Waals surface area contributed by atoms with Gasteiger partial charge in [0.25, 0.3) is 0 Å². The first-order valence-corrected chi connectivity index (χ1v) is 8.19. The van der Waals surface area contributed by atoms with Crippen LogP contribution in [0.1, 0.15) is 19.9 Å². The summed E-state index contributed by atoms with van der Waals surface area (Å²) in [6.45, 7) is 1.08. The number of aromatic nitrogens is 4. The Morgan fingerprint density at radius 1 is 1.19 bits per heavy atom. The Kier molecular flexibility index (Phi) is 5.32. The second-order valence-corrected chi connectivity index (χ2v) is 6.10. The smallest absolute Gasteiger partial charge is 0.387 e. The molecule has 0 radical (unpaired) electrons. The zero-order valence-corrected chi connectivity index (χ0v) is 14.8. The lowest BCUT2D eigenvalue weighted by Gasteiger charge is -2.12. The van der Waals surface area contributed by atoms with Crippen molar-refractivity contribution >= 4 is 23.2 Å². The second-order valence-electron chi connectivity index (χ2n) is 5.69. The molecule has 2 aromatic heterocycles. The Hall–Kier alpha value is -2.74. The summed E-state index contributed by atoms with van der Waals surface area (Å²) in [6.07, 6.45) is 4.93. The lowest BCUT2D eigenvalue weighted by atomic mass is 10.2. The minimum absolute atomic E-state index is 0.00442. The van der Waals surface area contributed by atoms with Crippen LogP contribution < -0.4 is 10.1 Å². The number of halogens is 3. The molecule has 0 saturated carbocycles. The molecule has 0 bridgehead atoms. The van der Waals surface area contributed by atoms with Crippen molar-refractivity contribution in [3.05, 3.63) is 47.9 Å². The van der Waals surface area contributed by atoms with Crippen molar-refractivity contribution in [1.29, 1.82) is 0 Å². The Labute approximate surface area is 153 Å². The largest absolute Gasteiger partial charge is 0.433 e. The molecular weight excluding hydrogens is 364 g/mol. The Bertz CT molecular complexity index is 900. The first kappa shape index (κ1) is 18.1. The van der Waals surface area contributed by atoms with Crippen molar-refractivity contribution in [1.82, 2.24) is 19.7 Å². The van der Waals surface area contributed by atoms with Crippen LogP contribution in [0.15, 0.2) is 42.9 Å². The molecule has 1 N–H and O–H groups in total. The molecule has 1 aromatic carbocycles. The van der Waals surface area contributed by atoms with Gasteiger partial charge < -0.3 is 10.1 Å². The number of ether oxygens (including phenoxy) is 1. The van der Waals surface area contributed by atoms with E-state index < -0.39 is 6.61 Å². The van der Waals surface area contributed by atoms with Gasteiger partial charge >= 0.3 is 6.61 Å². The van der Waals surface area contributed by atoms with Crippen LogP contribution in [0.4, 0.5) is 20.4 Å². The summed E-state index contributed by atoms with van der Waals surface area (Å²) in [5.41, 5.74) is 1.54. The number of hydrogen-bond acceptors (Lipinski definition) is 5. The predicted octanol–water partition coefficient (Wildman–Crippen LogP) is 4.92. The fourth-order valence-corrected chi connectivity index (χ4v) is 2.46. The molecule has 0 atom stereocenters. The van der Waals surface area contributed by atoms with Crippen molar-refractivity contribution in [2.75, 3.05) is 5.32 Å². The molecule has 0 saturated heterocycles. The molecule has 0 spiro atoms. The first-order chi connectivity index (χ1) is 12.4. The zero-order chi connectivity index (χ0) is 18.7. The molecule has 26 heavy (non-hydrogen) atoms. The van der Waals surface area contributed by atoms with Gasteiger partial charge in [-0.1, -0.05) is 23.7 Å². The molecule has 0 fully saturated rings. The van der Waals surface area contributed by atoms with Gasteiger partial charge in [0.1, 0.15) is 5.75 Å². The summed E-state index contributed by atoms with van der Waals surface area (Å²) >= 11 is 6.21. The Balaban J connectivity index is 1.91. The number of hydrogen-bond donors (Lipinski definition) is 1. The fraction of sp³-hybridized carbons (Fsp3) is 0.235. The normalized spacial score (nSPS) is 11.2. The summed E-state index contributed by atoms with van der Waals surface area (Å²) in [7, 11) is 0. The monoisotopic (exact) mass is 379 g/mol. The van der Waals surface area contributed by atoms with Crippen LogP contribution in [0.25, 0.3) is 11.3 Å². The molecular formula is C17H16ClF2N5O. The van der Waals surface area contributed by atoms with Gasteiger partial charge in [0, 0.05) is 17.8 Å². The highest BCUT2D eigenvalue weighted by molar-refractivity contribution is 6.32. The molecule has 2 heterocycles. The quantitative estimate of drug-likeness (QED) is 0.658. The molecule has 6 nitrogen and oxygen atoms in total. The van der Waals surface area contributed by atoms with Crippen molar-refractivity contribution in [2.24, 2.45) is 0 Å². The number of benzene rings is 1. The van der Waals surface area contributed by atoms with Crippen LogP contribution in [0.3, 0.4) is 0 Å². The average Bonchev–Trinajstić information content (AvgIpc) is 3.08. The zero-order valence-electron chi connectivity index (χ0n) is 14.0. The summed E-state index contributed by atoms with van der Waals surface area (Å²) in [5.74, 6) is 0.197. The lowest BCUT2D eigenvalue weighted by Crippen LogP contribution is -2.05. The third kappa shape index (κ3) is 4.08. The molecule has 0 aliphatic heterocycles. The molecule has 136 valence electrons. The van der Waals surface area contributed by atoms with Crippen LogP contribution in [-0.4, -0.2) is 26.4 Å². The van der Waals surface area contributed by atoms with Crippen LogP contribution in [0.2, 0.25) is 5.02 Å². The molecule has 3 aromatic rings. The van der Waals surface area contributed by atoms with Gasteiger partial charge in [-0.05, 0) is 26.0 Å². The first-order valence-electron chi connectivity index (χ1n) is 7.82. The number of anilines is 2. The van der Waals surface area contributed by atoms with E-state index in [2.05, 4.69) is 25.1 Å². The topological polar surface area (TPSA) is 64.9 Å². The minimum Gasteiger partial charge on any atom is -0.433 e. The second kappa shape index (κ2) is 7.65. The molecule has 0 unspecified atom stereocenters. The molecule has 0 aliphatic carbocycles. The number of rotatable bonds is 6. The maximum atomic E-state index is 12.5. The van der Waals surface area contributed by atoms with Gasteiger partial charge in [-0.15, -0.1) is 0 Å². The van der Waals surface area contributed by atoms with E-state index in [9.17, 15) is 8.78 Å². The van der Waals surface area contributed by atoms with Crippen LogP contribution in [0, 0.1) is 0 Å². The third-order valence-corrected chi connectivity index (χ3v) is 3.77. The minimum atomic E-state index is -2.93. The van der Waals surface area contributed by atoms with E-state index in [0.717, 1.165) is 5.56 Å². The van der Waals surface area contributed by atoms with E-state index in [1.54, 1.807) is 29.1 Å². The van der Waals surface area contributed by atoms with E-state index in [-0.39, 0.29) is 17.7 Å². The van der Waals surface area contributed by atoms with E-state index >= 15 is 0 Å². The maximum Gasteiger partial charge on any atom is 0.387 e. The van der Waals surface area contributed by atoms with E-state index in [1.807, 2.05) is 20.0 Å². The van der Waals surface area contributed by atoms with Gasteiger partial charge in [-0.25, -0.2) is 9.97 Å². The molecule has 0 amide bonds. The number of nitrogens with one attached hydrogen (secondary N) is 1. The van der Waals surface area contributed by atoms with Gasteiger partial charge in [-0.2, -0.15) is 13.9 Å². The highest BCUT2D eigenvalue weighted by Gasteiger charge is 2.14. The number of alkyl halides is 2. The summed E-state index contributed by atoms with van der Waals surface area (Å²) in [6, 6.07) is 6.49. The van der Waals surface area contributed by atoms with Gasteiger partial charge in [0.15, 0.2) is 0 Å². The molecule has 3 rings (SSSR count). The highest BCUT2D eigenvalue weighted by Crippen LogP contribution is 2.30. The van der Waals surface area contributed by atoms with Crippen molar-refractivity contribution in [3.63, 3.8) is 0 Å². The third-order valence-electron chi connectivity index (χ3n) is 3.50. The fourth-order valence-electron chi connectivity index (χ4n) is 2.26. The molecule has 0 aliphatic rings. The summed E-state index contributed by atoms with van der Waals surface area (Å²) in [5, 5.41) is 7.50. The Morgan fingerprint density at radius 2 is 1.96 bits per heavy atom. The number of para-hydroxylation sites is 2. The van der Waals surface area contributed by atoms with Crippen molar-refractivity contribution in [3.8, 4) is 17.0 Å². The summed E-state index contributed by atoms with van der Waals surface area (Å²) in [4.78, 5) is 8.48. The van der Waals surface area contributed by atoms with Gasteiger partial charge in [-0.3, -0.25) is 4.68 Å². The van der Waals surface area contributed by atoms with Crippen LogP contribution in [0.5, 0.6) is 5.75 Å². The average molecular weight is 380 g/mol. The highest BCUT2D eigenvalue weighted by atomic mass is 35.5. The summed E-state index contributed by atoms with van der Waals surface area (Å²) < 4.78 is 31.4. The van der Waals surface area contributed by atoms with E-state index in [1.165, 1.54) is 12.3 Å². The van der Waals surface area contributed by atoms with E-state index in [0.29, 0.717) is 16.4 Å². The van der Waals surface area contributed by atoms with Crippen LogP contribution in [-0.2, 0) is 0 Å². The van der Waals surface area contributed by atoms with Gasteiger partial charge in [0.05, 0.1) is 28.8 Å². The maximum absolute atomic E-state index is 12.5. The predicted molar refractivity (Wildman–Crippen MR) is 95.0 cm³/mol. The Morgan fingerprint density at radius 3 is 2.65 bits per heavy atom.